The van der Waals surface area contributed by atoms with Crippen LogP contribution in [-0.4, -0.2) is 35.5 Å². The highest BCUT2D eigenvalue weighted by Crippen LogP contribution is 2.37. The molecule has 1 saturated heterocycles. The van der Waals surface area contributed by atoms with Crippen LogP contribution in [0.2, 0.25) is 0 Å². The predicted octanol–water partition coefficient (Wildman–Crippen LogP) is 6.16. The van der Waals surface area contributed by atoms with Gasteiger partial charge in [-0.15, -0.1) is 0 Å². The minimum Gasteiger partial charge on any atom is -0.493 e. The summed E-state index contributed by atoms with van der Waals surface area (Å²) < 4.78 is 18.6. The number of rotatable bonds is 9. The number of amides is 1. The summed E-state index contributed by atoms with van der Waals surface area (Å²) in [6.07, 6.45) is 1.84. The van der Waals surface area contributed by atoms with Crippen molar-refractivity contribution in [2.75, 3.05) is 20.3 Å². The van der Waals surface area contributed by atoms with Gasteiger partial charge in [0.2, 0.25) is 0 Å². The van der Waals surface area contributed by atoms with Crippen molar-refractivity contribution in [3.63, 3.8) is 0 Å². The lowest BCUT2D eigenvalue weighted by atomic mass is 10.1. The van der Waals surface area contributed by atoms with E-state index in [1.165, 1.54) is 11.8 Å². The van der Waals surface area contributed by atoms with Crippen molar-refractivity contribution in [3.8, 4) is 17.2 Å². The van der Waals surface area contributed by atoms with Crippen molar-refractivity contribution in [1.29, 1.82) is 0 Å². The first-order chi connectivity index (χ1) is 16.5. The molecule has 0 N–H and O–H groups in total. The number of nitrogens with zero attached hydrogens (tertiary/aromatic N) is 1. The maximum Gasteiger partial charge on any atom is 0.266 e. The Hall–Kier alpha value is -2.56. The van der Waals surface area contributed by atoms with Crippen molar-refractivity contribution >= 4 is 62.9 Å². The summed E-state index contributed by atoms with van der Waals surface area (Å²) in [5.74, 6) is 1.95. The summed E-state index contributed by atoms with van der Waals surface area (Å²) in [7, 11) is 1.60. The third-order valence-corrected chi connectivity index (χ3v) is 7.13. The number of hydrogen-bond acceptors (Lipinski definition) is 6. The molecule has 8 heteroatoms. The number of methoxy groups -OCH3 is 1. The predicted molar refractivity (Wildman–Crippen MR) is 148 cm³/mol. The van der Waals surface area contributed by atoms with E-state index in [0.717, 1.165) is 20.4 Å². The van der Waals surface area contributed by atoms with Crippen molar-refractivity contribution < 1.29 is 19.0 Å². The number of halogens is 1. The zero-order valence-corrected chi connectivity index (χ0v) is 22.2. The molecule has 0 aromatic heterocycles. The van der Waals surface area contributed by atoms with Crippen LogP contribution in [0.5, 0.6) is 17.2 Å². The molecule has 0 radical (unpaired) electrons. The molecule has 1 aliphatic rings. The fourth-order valence-electron chi connectivity index (χ4n) is 3.34. The highest BCUT2D eigenvalue weighted by molar-refractivity contribution is 14.1. The number of thiocarbonyl (C=S) groups is 1. The third-order valence-electron chi connectivity index (χ3n) is 4.95. The lowest BCUT2D eigenvalue weighted by Gasteiger charge is -2.15. The van der Waals surface area contributed by atoms with Crippen LogP contribution in [0, 0.1) is 3.57 Å². The average molecular weight is 604 g/mol. The van der Waals surface area contributed by atoms with Crippen LogP contribution in [0.25, 0.3) is 6.08 Å². The number of benzene rings is 3. The van der Waals surface area contributed by atoms with Crippen LogP contribution in [0.1, 0.15) is 11.1 Å². The normalized spacial score (nSPS) is 14.5. The fourth-order valence-corrected chi connectivity index (χ4v) is 5.37. The molecule has 0 atom stereocenters. The third kappa shape index (κ3) is 6.11. The van der Waals surface area contributed by atoms with Gasteiger partial charge in [-0.1, -0.05) is 72.5 Å². The van der Waals surface area contributed by atoms with Crippen LogP contribution in [0.4, 0.5) is 0 Å². The van der Waals surface area contributed by atoms with Gasteiger partial charge in [0.1, 0.15) is 23.3 Å². The second-order valence-electron chi connectivity index (χ2n) is 7.30. The summed E-state index contributed by atoms with van der Waals surface area (Å²) in [5.41, 5.74) is 1.88. The van der Waals surface area contributed by atoms with E-state index in [9.17, 15) is 4.79 Å². The van der Waals surface area contributed by atoms with Gasteiger partial charge in [-0.25, -0.2) is 0 Å². The van der Waals surface area contributed by atoms with Gasteiger partial charge in [-0.05, 0) is 64.1 Å². The van der Waals surface area contributed by atoms with E-state index in [0.29, 0.717) is 40.5 Å². The molecule has 34 heavy (non-hydrogen) atoms. The zero-order valence-electron chi connectivity index (χ0n) is 18.4. The molecule has 4 rings (SSSR count). The molecule has 0 saturated carbocycles. The minimum absolute atomic E-state index is 0.0915. The quantitative estimate of drug-likeness (QED) is 0.127. The molecular weight excluding hydrogens is 581 g/mol. The molecule has 5 nitrogen and oxygen atoms in total. The summed E-state index contributed by atoms with van der Waals surface area (Å²) in [6.45, 7) is 1.25. The van der Waals surface area contributed by atoms with Gasteiger partial charge in [0.05, 0.1) is 22.1 Å². The molecule has 1 aliphatic heterocycles. The number of hydrogen-bond donors (Lipinski definition) is 0. The SMILES string of the molecule is COc1cc(/C=C2\SC(=S)N(Cc3ccccc3)C2=O)cc(I)c1OCCOc1ccccc1. The number of ether oxygens (including phenoxy) is 3. The summed E-state index contributed by atoms with van der Waals surface area (Å²) in [5, 5.41) is 0. The Kier molecular flexibility index (Phi) is 8.47. The highest BCUT2D eigenvalue weighted by atomic mass is 127. The standard InChI is InChI=1S/C26H22INO4S2/c1-30-22-15-19(14-21(27)24(22)32-13-12-31-20-10-6-3-7-11-20)16-23-25(29)28(26(33)34-23)17-18-8-4-2-5-9-18/h2-11,14-16H,12-13,17H2,1H3/b23-16-. The van der Waals surface area contributed by atoms with Crippen LogP contribution >= 0.6 is 46.6 Å². The van der Waals surface area contributed by atoms with E-state index >= 15 is 0 Å². The first-order valence-corrected chi connectivity index (χ1v) is 12.8. The number of para-hydroxylation sites is 1. The Labute approximate surface area is 222 Å². The van der Waals surface area contributed by atoms with Gasteiger partial charge >= 0.3 is 0 Å². The van der Waals surface area contributed by atoms with Crippen molar-refractivity contribution in [1.82, 2.24) is 4.90 Å². The number of carbonyl (C=O) groups excluding carboxylic acids is 1. The first kappa shape index (κ1) is 24.6. The topological polar surface area (TPSA) is 48.0 Å². The molecule has 174 valence electrons. The fraction of sp³-hybridized carbons (Fsp3) is 0.154. The first-order valence-electron chi connectivity index (χ1n) is 10.5. The molecule has 0 aliphatic carbocycles. The molecular formula is C26H22INO4S2. The maximum absolute atomic E-state index is 13.0. The summed E-state index contributed by atoms with van der Waals surface area (Å²) in [4.78, 5) is 15.2. The Morgan fingerprint density at radius 3 is 2.38 bits per heavy atom. The van der Waals surface area contributed by atoms with E-state index < -0.39 is 0 Å². The monoisotopic (exact) mass is 603 g/mol. The molecule has 1 amide bonds. The molecule has 1 heterocycles. The maximum atomic E-state index is 13.0. The van der Waals surface area contributed by atoms with Gasteiger partial charge < -0.3 is 14.2 Å². The zero-order chi connectivity index (χ0) is 23.9. The van der Waals surface area contributed by atoms with Gasteiger partial charge in [0.25, 0.3) is 5.91 Å². The van der Waals surface area contributed by atoms with Gasteiger partial charge in [-0.3, -0.25) is 9.69 Å². The van der Waals surface area contributed by atoms with Crippen molar-refractivity contribution in [3.05, 3.63) is 92.4 Å². The smallest absolute Gasteiger partial charge is 0.266 e. The van der Waals surface area contributed by atoms with Crippen LogP contribution in [-0.2, 0) is 11.3 Å². The average Bonchev–Trinajstić information content (AvgIpc) is 3.11. The van der Waals surface area contributed by atoms with Gasteiger partial charge in [0, 0.05) is 0 Å². The molecule has 0 spiro atoms. The van der Waals surface area contributed by atoms with Crippen molar-refractivity contribution in [2.45, 2.75) is 6.54 Å². The van der Waals surface area contributed by atoms with E-state index in [-0.39, 0.29) is 5.91 Å². The van der Waals surface area contributed by atoms with E-state index in [1.807, 2.05) is 78.9 Å². The molecule has 0 unspecified atom stereocenters. The lowest BCUT2D eigenvalue weighted by Crippen LogP contribution is -2.27. The van der Waals surface area contributed by atoms with Crippen molar-refractivity contribution in [2.24, 2.45) is 0 Å². The Morgan fingerprint density at radius 2 is 1.68 bits per heavy atom. The Bertz CT molecular complexity index is 1200. The Morgan fingerprint density at radius 1 is 1.00 bits per heavy atom. The molecule has 3 aromatic rings. The van der Waals surface area contributed by atoms with Crippen LogP contribution in [0.3, 0.4) is 0 Å². The largest absolute Gasteiger partial charge is 0.493 e. The highest BCUT2D eigenvalue weighted by Gasteiger charge is 2.32. The Balaban J connectivity index is 1.44. The second kappa shape index (κ2) is 11.7. The molecule has 3 aromatic carbocycles. The van der Waals surface area contributed by atoms with Crippen LogP contribution < -0.4 is 14.2 Å². The summed E-state index contributed by atoms with van der Waals surface area (Å²) >= 11 is 8.99. The number of carbonyl (C=O) groups is 1. The van der Waals surface area contributed by atoms with E-state index in [4.69, 9.17) is 26.4 Å². The van der Waals surface area contributed by atoms with Gasteiger partial charge in [-0.2, -0.15) is 0 Å². The van der Waals surface area contributed by atoms with Gasteiger partial charge in [0.15, 0.2) is 11.5 Å². The number of thioether (sulfide) groups is 1. The second-order valence-corrected chi connectivity index (χ2v) is 10.1. The molecule has 0 bridgehead atoms. The minimum atomic E-state index is -0.0915. The van der Waals surface area contributed by atoms with E-state index in [2.05, 4.69) is 22.6 Å². The van der Waals surface area contributed by atoms with E-state index in [1.54, 1.807) is 12.0 Å². The molecule has 1 fully saturated rings. The van der Waals surface area contributed by atoms with Crippen LogP contribution in [0.15, 0.2) is 77.7 Å². The lowest BCUT2D eigenvalue weighted by molar-refractivity contribution is -0.122. The summed E-state index contributed by atoms with van der Waals surface area (Å²) in [6, 6.07) is 23.3.